The van der Waals surface area contributed by atoms with Crippen molar-refractivity contribution in [2.45, 2.75) is 12.3 Å². The number of hydrogen-bond acceptors (Lipinski definition) is 5. The van der Waals surface area contributed by atoms with E-state index in [1.807, 2.05) is 0 Å². The van der Waals surface area contributed by atoms with Crippen molar-refractivity contribution in [2.75, 3.05) is 21.3 Å². The molecule has 0 saturated carbocycles. The van der Waals surface area contributed by atoms with Crippen LogP contribution in [0.25, 0.3) is 0 Å². The minimum atomic E-state index is -0.519. The second-order valence-electron chi connectivity index (χ2n) is 3.09. The monoisotopic (exact) mass is 215 g/mol. The van der Waals surface area contributed by atoms with Gasteiger partial charge in [-0.2, -0.15) is 5.10 Å². The summed E-state index contributed by atoms with van der Waals surface area (Å²) in [6.07, 6.45) is 1.09. The van der Waals surface area contributed by atoms with Crippen LogP contribution in [0.1, 0.15) is 11.7 Å². The number of aromatic nitrogens is 2. The van der Waals surface area contributed by atoms with Gasteiger partial charge in [0.2, 0.25) is 0 Å². The van der Waals surface area contributed by atoms with Crippen molar-refractivity contribution in [1.82, 2.24) is 9.78 Å². The van der Waals surface area contributed by atoms with Gasteiger partial charge < -0.3 is 19.9 Å². The van der Waals surface area contributed by atoms with Gasteiger partial charge in [-0.3, -0.25) is 4.68 Å². The molecule has 0 aliphatic rings. The third-order valence-corrected chi connectivity index (χ3v) is 2.24. The van der Waals surface area contributed by atoms with Gasteiger partial charge in [-0.15, -0.1) is 0 Å². The van der Waals surface area contributed by atoms with E-state index in [0.29, 0.717) is 5.75 Å². The first-order chi connectivity index (χ1) is 7.15. The van der Waals surface area contributed by atoms with Crippen molar-refractivity contribution >= 4 is 0 Å². The predicted molar refractivity (Wildman–Crippen MR) is 54.5 cm³/mol. The predicted octanol–water partition coefficient (Wildman–Crippen LogP) is 0.0474. The van der Waals surface area contributed by atoms with E-state index < -0.39 is 12.3 Å². The van der Waals surface area contributed by atoms with Crippen molar-refractivity contribution in [3.63, 3.8) is 0 Å². The van der Waals surface area contributed by atoms with Gasteiger partial charge in [-0.05, 0) is 0 Å². The average molecular weight is 215 g/mol. The molecular formula is C9H17N3O3. The molecule has 1 heterocycles. The smallest absolute Gasteiger partial charge is 0.177 e. The van der Waals surface area contributed by atoms with Gasteiger partial charge in [0.15, 0.2) is 12.0 Å². The van der Waals surface area contributed by atoms with Crippen LogP contribution in [0.5, 0.6) is 5.75 Å². The van der Waals surface area contributed by atoms with E-state index in [0.717, 1.165) is 5.69 Å². The van der Waals surface area contributed by atoms with E-state index in [-0.39, 0.29) is 0 Å². The van der Waals surface area contributed by atoms with Crippen molar-refractivity contribution in [1.29, 1.82) is 0 Å². The fourth-order valence-electron chi connectivity index (χ4n) is 1.48. The van der Waals surface area contributed by atoms with Crippen LogP contribution in [0.15, 0.2) is 6.20 Å². The zero-order chi connectivity index (χ0) is 11.4. The summed E-state index contributed by atoms with van der Waals surface area (Å²) < 4.78 is 17.0. The van der Waals surface area contributed by atoms with E-state index in [1.165, 1.54) is 14.2 Å². The molecule has 86 valence electrons. The highest BCUT2D eigenvalue weighted by Crippen LogP contribution is 2.25. The zero-order valence-corrected chi connectivity index (χ0v) is 9.43. The van der Waals surface area contributed by atoms with Crippen LogP contribution in [0, 0.1) is 0 Å². The second kappa shape index (κ2) is 5.11. The standard InChI is InChI=1S/C9H17N3O3/c1-12-8(6(13-2)5-11-12)7(10)9(14-3)15-4/h5,7,9H,10H2,1-4H3. The van der Waals surface area contributed by atoms with Gasteiger partial charge in [-0.25, -0.2) is 0 Å². The first kappa shape index (κ1) is 12.0. The van der Waals surface area contributed by atoms with Gasteiger partial charge in [0, 0.05) is 21.3 Å². The molecule has 6 nitrogen and oxygen atoms in total. The molecule has 1 rings (SSSR count). The lowest BCUT2D eigenvalue weighted by atomic mass is 10.2. The maximum absolute atomic E-state index is 5.99. The van der Waals surface area contributed by atoms with Crippen LogP contribution in [0.3, 0.4) is 0 Å². The number of methoxy groups -OCH3 is 3. The van der Waals surface area contributed by atoms with E-state index in [1.54, 1.807) is 25.0 Å². The fraction of sp³-hybridized carbons (Fsp3) is 0.667. The highest BCUT2D eigenvalue weighted by atomic mass is 16.7. The molecule has 0 radical (unpaired) electrons. The van der Waals surface area contributed by atoms with Crippen LogP contribution >= 0.6 is 0 Å². The Labute approximate surface area is 88.9 Å². The molecule has 0 fully saturated rings. The summed E-state index contributed by atoms with van der Waals surface area (Å²) in [5, 5.41) is 4.06. The average Bonchev–Trinajstić information content (AvgIpc) is 2.61. The highest BCUT2D eigenvalue weighted by Gasteiger charge is 2.25. The number of ether oxygens (including phenoxy) is 3. The molecule has 1 unspecified atom stereocenters. The number of hydrogen-bond donors (Lipinski definition) is 1. The Morgan fingerprint density at radius 2 is 1.93 bits per heavy atom. The molecule has 0 bridgehead atoms. The molecule has 0 amide bonds. The molecule has 1 aromatic rings. The number of nitrogens with two attached hydrogens (primary N) is 1. The van der Waals surface area contributed by atoms with Gasteiger partial charge in [-0.1, -0.05) is 0 Å². The molecule has 0 saturated heterocycles. The molecule has 0 aromatic carbocycles. The fourth-order valence-corrected chi connectivity index (χ4v) is 1.48. The molecule has 0 spiro atoms. The van der Waals surface area contributed by atoms with Crippen LogP contribution in [0.4, 0.5) is 0 Å². The van der Waals surface area contributed by atoms with E-state index >= 15 is 0 Å². The Balaban J connectivity index is 2.97. The van der Waals surface area contributed by atoms with Crippen molar-refractivity contribution in [3.8, 4) is 5.75 Å². The summed E-state index contributed by atoms with van der Waals surface area (Å²) in [6, 6.07) is -0.442. The third-order valence-electron chi connectivity index (χ3n) is 2.24. The second-order valence-corrected chi connectivity index (χ2v) is 3.09. The van der Waals surface area contributed by atoms with Crippen LogP contribution < -0.4 is 10.5 Å². The molecule has 2 N–H and O–H groups in total. The van der Waals surface area contributed by atoms with Gasteiger partial charge >= 0.3 is 0 Å². The molecule has 6 heteroatoms. The zero-order valence-electron chi connectivity index (χ0n) is 9.43. The largest absolute Gasteiger partial charge is 0.493 e. The summed E-state index contributed by atoms with van der Waals surface area (Å²) in [5.74, 6) is 0.629. The minimum Gasteiger partial charge on any atom is -0.493 e. The molecule has 0 aliphatic heterocycles. The SMILES string of the molecule is COc1cnn(C)c1C(N)C(OC)OC. The highest BCUT2D eigenvalue weighted by molar-refractivity contribution is 5.28. The normalized spacial score (nSPS) is 13.2. The third kappa shape index (κ3) is 2.28. The van der Waals surface area contributed by atoms with Crippen molar-refractivity contribution < 1.29 is 14.2 Å². The quantitative estimate of drug-likeness (QED) is 0.702. The van der Waals surface area contributed by atoms with E-state index in [9.17, 15) is 0 Å². The summed E-state index contributed by atoms with van der Waals surface area (Å²) >= 11 is 0. The van der Waals surface area contributed by atoms with Crippen molar-refractivity contribution in [3.05, 3.63) is 11.9 Å². The van der Waals surface area contributed by atoms with Crippen molar-refractivity contribution in [2.24, 2.45) is 12.8 Å². The molecule has 1 aromatic heterocycles. The van der Waals surface area contributed by atoms with Crippen LogP contribution in [-0.2, 0) is 16.5 Å². The molecule has 1 atom stereocenters. The number of aryl methyl sites for hydroxylation is 1. The Bertz CT molecular complexity index is 310. The van der Waals surface area contributed by atoms with E-state index in [2.05, 4.69) is 5.10 Å². The minimum absolute atomic E-state index is 0.442. The summed E-state index contributed by atoms with van der Waals surface area (Å²) in [4.78, 5) is 0. The maximum Gasteiger partial charge on any atom is 0.177 e. The van der Waals surface area contributed by atoms with Crippen LogP contribution in [0.2, 0.25) is 0 Å². The lowest BCUT2D eigenvalue weighted by molar-refractivity contribution is -0.118. The van der Waals surface area contributed by atoms with Crippen LogP contribution in [-0.4, -0.2) is 37.4 Å². The molecule has 0 aliphatic carbocycles. The lowest BCUT2D eigenvalue weighted by Gasteiger charge is -2.21. The van der Waals surface area contributed by atoms with Gasteiger partial charge in [0.1, 0.15) is 11.7 Å². The molecule has 15 heavy (non-hydrogen) atoms. The Morgan fingerprint density at radius 3 is 2.40 bits per heavy atom. The topological polar surface area (TPSA) is 71.5 Å². The molecular weight excluding hydrogens is 198 g/mol. The Hall–Kier alpha value is -1.11. The first-order valence-electron chi connectivity index (χ1n) is 4.52. The lowest BCUT2D eigenvalue weighted by Crippen LogP contribution is -2.31. The summed E-state index contributed by atoms with van der Waals surface area (Å²) in [5.41, 5.74) is 6.73. The Morgan fingerprint density at radius 1 is 1.33 bits per heavy atom. The first-order valence-corrected chi connectivity index (χ1v) is 4.52. The Kier molecular flexibility index (Phi) is 4.07. The van der Waals surface area contributed by atoms with E-state index in [4.69, 9.17) is 19.9 Å². The summed E-state index contributed by atoms with van der Waals surface area (Å²) in [6.45, 7) is 0. The van der Waals surface area contributed by atoms with Gasteiger partial charge in [0.05, 0.1) is 13.3 Å². The number of rotatable bonds is 5. The summed E-state index contributed by atoms with van der Waals surface area (Å²) in [7, 11) is 6.44. The number of nitrogens with zero attached hydrogens (tertiary/aromatic N) is 2. The maximum atomic E-state index is 5.99. The van der Waals surface area contributed by atoms with Gasteiger partial charge in [0.25, 0.3) is 0 Å².